The lowest BCUT2D eigenvalue weighted by atomic mass is 10.2. The van der Waals surface area contributed by atoms with Crippen molar-refractivity contribution in [2.24, 2.45) is 0 Å². The van der Waals surface area contributed by atoms with Crippen molar-refractivity contribution >= 4 is 41.3 Å². The standard InChI is InChI=1S/C23H30N4O2S2.C3H4/c1-23(2,3)29-22(28)25-21-11-10-20(16-24-21)31-27-14-12-26(13-15-27)17-4-6-18(7-5-17)30-19-8-9-19;1-3-2/h4-7,10-11,16,19H,8-9,12-15H2,1-3H3,(H,24,25,28);1H,2H3. The average molecular weight is 499 g/mol. The topological polar surface area (TPSA) is 57.7 Å². The van der Waals surface area contributed by atoms with E-state index in [0.29, 0.717) is 5.82 Å². The summed E-state index contributed by atoms with van der Waals surface area (Å²) in [6, 6.07) is 12.8. The van der Waals surface area contributed by atoms with Crippen molar-refractivity contribution < 1.29 is 9.53 Å². The molecule has 1 aliphatic carbocycles. The van der Waals surface area contributed by atoms with Crippen molar-refractivity contribution in [2.75, 3.05) is 36.4 Å². The number of carbonyl (C=O) groups excluding carboxylic acids is 1. The Hall–Kier alpha value is -2.34. The Morgan fingerprint density at radius 2 is 1.71 bits per heavy atom. The van der Waals surface area contributed by atoms with Crippen molar-refractivity contribution in [1.29, 1.82) is 0 Å². The lowest BCUT2D eigenvalue weighted by molar-refractivity contribution is 0.0635. The van der Waals surface area contributed by atoms with Gasteiger partial charge >= 0.3 is 6.09 Å². The number of amides is 1. The van der Waals surface area contributed by atoms with Gasteiger partial charge in [-0.1, -0.05) is 0 Å². The van der Waals surface area contributed by atoms with Crippen molar-refractivity contribution in [3.63, 3.8) is 0 Å². The molecule has 2 aliphatic rings. The fourth-order valence-electron chi connectivity index (χ4n) is 3.22. The SMILES string of the molecule is C#CC.CC(C)(C)OC(=O)Nc1ccc(SN2CCN(c3ccc(SC4CC4)cc3)CC2)cn1. The third kappa shape index (κ3) is 9.13. The van der Waals surface area contributed by atoms with E-state index in [1.165, 1.54) is 23.4 Å². The van der Waals surface area contributed by atoms with Gasteiger partial charge in [0.05, 0.1) is 0 Å². The molecule has 2 fully saturated rings. The zero-order chi connectivity index (χ0) is 24.6. The van der Waals surface area contributed by atoms with E-state index in [0.717, 1.165) is 36.3 Å². The molecule has 2 heterocycles. The number of nitrogens with one attached hydrogen (secondary N) is 1. The number of hydrogen-bond acceptors (Lipinski definition) is 7. The van der Waals surface area contributed by atoms with Crippen molar-refractivity contribution in [3.8, 4) is 12.3 Å². The Bertz CT molecular complexity index is 956. The predicted molar refractivity (Wildman–Crippen MR) is 144 cm³/mol. The van der Waals surface area contributed by atoms with E-state index >= 15 is 0 Å². The van der Waals surface area contributed by atoms with E-state index in [1.54, 1.807) is 25.1 Å². The number of pyridine rings is 1. The second-order valence-electron chi connectivity index (χ2n) is 9.11. The summed E-state index contributed by atoms with van der Waals surface area (Å²) in [6.07, 6.45) is 8.63. The van der Waals surface area contributed by atoms with Crippen LogP contribution in [0, 0.1) is 12.3 Å². The highest BCUT2D eigenvalue weighted by Crippen LogP contribution is 2.39. The Morgan fingerprint density at radius 3 is 2.24 bits per heavy atom. The van der Waals surface area contributed by atoms with Crippen molar-refractivity contribution in [2.45, 2.75) is 61.2 Å². The maximum absolute atomic E-state index is 11.9. The van der Waals surface area contributed by atoms with Crippen LogP contribution in [-0.2, 0) is 4.74 Å². The third-order valence-electron chi connectivity index (χ3n) is 4.87. The average Bonchev–Trinajstić information content (AvgIpc) is 3.60. The molecule has 4 rings (SSSR count). The molecule has 1 aliphatic heterocycles. The van der Waals surface area contributed by atoms with Crippen LogP contribution in [-0.4, -0.2) is 52.4 Å². The number of anilines is 2. The van der Waals surface area contributed by atoms with Crippen LogP contribution in [0.2, 0.25) is 0 Å². The third-order valence-corrected chi connectivity index (χ3v) is 7.29. The molecular formula is C26H34N4O2S2. The molecule has 0 bridgehead atoms. The molecule has 0 radical (unpaired) electrons. The van der Waals surface area contributed by atoms with E-state index in [2.05, 4.69) is 56.1 Å². The van der Waals surface area contributed by atoms with Crippen LogP contribution in [0.1, 0.15) is 40.5 Å². The van der Waals surface area contributed by atoms with Gasteiger partial charge in [-0.3, -0.25) is 5.32 Å². The highest BCUT2D eigenvalue weighted by atomic mass is 32.2. The zero-order valence-corrected chi connectivity index (χ0v) is 22.0. The van der Waals surface area contributed by atoms with E-state index < -0.39 is 11.7 Å². The lowest BCUT2D eigenvalue weighted by Gasteiger charge is -2.35. The van der Waals surface area contributed by atoms with Gasteiger partial charge in [0.15, 0.2) is 0 Å². The van der Waals surface area contributed by atoms with Crippen molar-refractivity contribution in [3.05, 3.63) is 42.6 Å². The molecule has 0 atom stereocenters. The van der Waals surface area contributed by atoms with E-state index in [4.69, 9.17) is 4.74 Å². The fourth-order valence-corrected chi connectivity index (χ4v) is 5.14. The van der Waals surface area contributed by atoms with Gasteiger partial charge in [-0.15, -0.1) is 24.1 Å². The number of benzene rings is 1. The highest BCUT2D eigenvalue weighted by molar-refractivity contribution is 8.00. The quantitative estimate of drug-likeness (QED) is 0.378. The Labute approximate surface area is 212 Å². The van der Waals surface area contributed by atoms with Crippen LogP contribution in [0.25, 0.3) is 0 Å². The first-order chi connectivity index (χ1) is 16.3. The molecule has 1 saturated heterocycles. The van der Waals surface area contributed by atoms with E-state index in [-0.39, 0.29) is 0 Å². The molecule has 1 N–H and O–H groups in total. The Morgan fingerprint density at radius 1 is 1.09 bits per heavy atom. The van der Waals surface area contributed by atoms with Gasteiger partial charge < -0.3 is 9.64 Å². The van der Waals surface area contributed by atoms with Crippen LogP contribution in [0.15, 0.2) is 52.4 Å². The fraction of sp³-hybridized carbons (Fsp3) is 0.462. The minimum absolute atomic E-state index is 0.490. The van der Waals surface area contributed by atoms with Gasteiger partial charge in [0.2, 0.25) is 0 Å². The van der Waals surface area contributed by atoms with E-state index in [9.17, 15) is 4.79 Å². The molecule has 2 aromatic rings. The van der Waals surface area contributed by atoms with Gasteiger partial charge in [-0.25, -0.2) is 14.1 Å². The normalized spacial score (nSPS) is 16.1. The summed E-state index contributed by atoms with van der Waals surface area (Å²) in [5, 5.41) is 3.52. The number of aromatic nitrogens is 1. The summed E-state index contributed by atoms with van der Waals surface area (Å²) in [6.45, 7) is 11.2. The second-order valence-corrected chi connectivity index (χ2v) is 11.7. The van der Waals surface area contributed by atoms with E-state index in [1.807, 2.05) is 44.7 Å². The number of terminal acetylenes is 1. The number of hydrogen-bond donors (Lipinski definition) is 1. The van der Waals surface area contributed by atoms with Crippen LogP contribution >= 0.6 is 23.7 Å². The molecular weight excluding hydrogens is 464 g/mol. The number of nitrogens with zero attached hydrogens (tertiary/aromatic N) is 3. The van der Waals surface area contributed by atoms with Gasteiger partial charge in [0.25, 0.3) is 0 Å². The predicted octanol–water partition coefficient (Wildman–Crippen LogP) is 6.15. The number of carbonyl (C=O) groups is 1. The summed E-state index contributed by atoms with van der Waals surface area (Å²) >= 11 is 3.72. The molecule has 1 aromatic carbocycles. The number of piperazine rings is 1. The summed E-state index contributed by atoms with van der Waals surface area (Å²) in [4.78, 5) is 21.1. The zero-order valence-electron chi connectivity index (χ0n) is 20.4. The van der Waals surface area contributed by atoms with Gasteiger partial charge in [-0.2, -0.15) is 0 Å². The first-order valence-corrected chi connectivity index (χ1v) is 13.2. The van der Waals surface area contributed by atoms with Crippen LogP contribution in [0.5, 0.6) is 0 Å². The molecule has 182 valence electrons. The molecule has 8 heteroatoms. The molecule has 1 amide bonds. The molecule has 0 unspecified atom stereocenters. The maximum atomic E-state index is 11.9. The summed E-state index contributed by atoms with van der Waals surface area (Å²) < 4.78 is 7.62. The van der Waals surface area contributed by atoms with Gasteiger partial charge in [-0.05, 0) is 88.9 Å². The lowest BCUT2D eigenvalue weighted by Crippen LogP contribution is -2.43. The molecule has 34 heavy (non-hydrogen) atoms. The first kappa shape index (κ1) is 26.3. The van der Waals surface area contributed by atoms with Crippen LogP contribution in [0.4, 0.5) is 16.3 Å². The number of rotatable bonds is 6. The Balaban J connectivity index is 0.00000103. The monoisotopic (exact) mass is 498 g/mol. The first-order valence-electron chi connectivity index (χ1n) is 11.5. The Kier molecular flexibility index (Phi) is 9.57. The number of ether oxygens (including phenoxy) is 1. The molecule has 6 nitrogen and oxygen atoms in total. The van der Waals surface area contributed by atoms with Gasteiger partial charge in [0, 0.05) is 53.1 Å². The van der Waals surface area contributed by atoms with Crippen molar-refractivity contribution in [1.82, 2.24) is 9.29 Å². The highest BCUT2D eigenvalue weighted by Gasteiger charge is 2.23. The summed E-state index contributed by atoms with van der Waals surface area (Å²) in [5.41, 5.74) is 0.781. The van der Waals surface area contributed by atoms with Gasteiger partial charge in [0.1, 0.15) is 11.4 Å². The summed E-state index contributed by atoms with van der Waals surface area (Å²) in [5.74, 6) is 2.74. The molecule has 0 spiro atoms. The largest absolute Gasteiger partial charge is 0.444 e. The van der Waals surface area contributed by atoms with Crippen LogP contribution in [0.3, 0.4) is 0 Å². The number of thioether (sulfide) groups is 1. The minimum atomic E-state index is -0.528. The molecule has 1 saturated carbocycles. The smallest absolute Gasteiger partial charge is 0.413 e. The van der Waals surface area contributed by atoms with Crippen LogP contribution < -0.4 is 10.2 Å². The second kappa shape index (κ2) is 12.4. The summed E-state index contributed by atoms with van der Waals surface area (Å²) in [7, 11) is 0. The maximum Gasteiger partial charge on any atom is 0.413 e. The minimum Gasteiger partial charge on any atom is -0.444 e. The molecule has 1 aromatic heterocycles.